The van der Waals surface area contributed by atoms with Gasteiger partial charge in [-0.15, -0.1) is 0 Å². The average Bonchev–Trinajstić information content (AvgIpc) is 2.65. The highest BCUT2D eigenvalue weighted by atomic mass is 32.2. The van der Waals surface area contributed by atoms with Crippen LogP contribution in [0.4, 0.5) is 0 Å². The SMILES string of the molecule is COC(C)CS(=O)(=O)N1CCC[C@@H]1C(=O)O. The zero-order valence-corrected chi connectivity index (χ0v) is 10.2. The van der Waals surface area contributed by atoms with Crippen molar-refractivity contribution >= 4 is 16.0 Å². The summed E-state index contributed by atoms with van der Waals surface area (Å²) in [5, 5.41) is 8.90. The first-order chi connectivity index (χ1) is 7.38. The van der Waals surface area contributed by atoms with E-state index in [1.165, 1.54) is 7.11 Å². The van der Waals surface area contributed by atoms with Crippen molar-refractivity contribution in [1.29, 1.82) is 0 Å². The van der Waals surface area contributed by atoms with Crippen molar-refractivity contribution in [1.82, 2.24) is 4.31 Å². The number of nitrogens with zero attached hydrogens (tertiary/aromatic N) is 1. The summed E-state index contributed by atoms with van der Waals surface area (Å²) in [5.41, 5.74) is 0. The maximum absolute atomic E-state index is 11.9. The van der Waals surface area contributed by atoms with Crippen LogP contribution in [0.5, 0.6) is 0 Å². The van der Waals surface area contributed by atoms with E-state index in [4.69, 9.17) is 9.84 Å². The topological polar surface area (TPSA) is 83.9 Å². The van der Waals surface area contributed by atoms with E-state index in [2.05, 4.69) is 0 Å². The highest BCUT2D eigenvalue weighted by molar-refractivity contribution is 7.89. The van der Waals surface area contributed by atoms with Crippen LogP contribution in [0, 0.1) is 0 Å². The van der Waals surface area contributed by atoms with Gasteiger partial charge in [0.25, 0.3) is 0 Å². The van der Waals surface area contributed by atoms with Crippen molar-refractivity contribution < 1.29 is 23.1 Å². The molecule has 1 heterocycles. The van der Waals surface area contributed by atoms with Crippen LogP contribution in [-0.4, -0.2) is 55.4 Å². The molecule has 0 bridgehead atoms. The maximum atomic E-state index is 11.9. The Hall–Kier alpha value is -0.660. The molecule has 1 saturated heterocycles. The number of hydrogen-bond donors (Lipinski definition) is 1. The molecule has 0 aromatic heterocycles. The number of hydrogen-bond acceptors (Lipinski definition) is 4. The third-order valence-electron chi connectivity index (χ3n) is 2.69. The highest BCUT2D eigenvalue weighted by Gasteiger charge is 2.38. The molecule has 1 fully saturated rings. The Bertz CT molecular complexity index is 353. The molecule has 0 radical (unpaired) electrons. The molecule has 94 valence electrons. The predicted molar refractivity (Wildman–Crippen MR) is 57.6 cm³/mol. The lowest BCUT2D eigenvalue weighted by molar-refractivity contribution is -0.140. The molecule has 1 unspecified atom stereocenters. The number of aliphatic carboxylic acids is 1. The molecular weight excluding hydrogens is 234 g/mol. The summed E-state index contributed by atoms with van der Waals surface area (Å²) in [6.07, 6.45) is 0.549. The van der Waals surface area contributed by atoms with Crippen LogP contribution >= 0.6 is 0 Å². The number of carbonyl (C=O) groups is 1. The minimum absolute atomic E-state index is 0.173. The minimum Gasteiger partial charge on any atom is -0.480 e. The van der Waals surface area contributed by atoms with Gasteiger partial charge >= 0.3 is 5.97 Å². The maximum Gasteiger partial charge on any atom is 0.322 e. The third kappa shape index (κ3) is 2.93. The van der Waals surface area contributed by atoms with Crippen molar-refractivity contribution in [3.63, 3.8) is 0 Å². The molecule has 0 aromatic rings. The monoisotopic (exact) mass is 251 g/mol. The van der Waals surface area contributed by atoms with Gasteiger partial charge in [-0.25, -0.2) is 8.42 Å². The van der Waals surface area contributed by atoms with Gasteiger partial charge in [-0.3, -0.25) is 4.79 Å². The zero-order valence-electron chi connectivity index (χ0n) is 9.42. The quantitative estimate of drug-likeness (QED) is 0.737. The fraction of sp³-hybridized carbons (Fsp3) is 0.889. The van der Waals surface area contributed by atoms with Crippen LogP contribution in [0.1, 0.15) is 19.8 Å². The number of rotatable bonds is 5. The second kappa shape index (κ2) is 5.11. The second-order valence-electron chi connectivity index (χ2n) is 3.93. The molecule has 16 heavy (non-hydrogen) atoms. The fourth-order valence-electron chi connectivity index (χ4n) is 1.78. The molecule has 7 heteroatoms. The summed E-state index contributed by atoms with van der Waals surface area (Å²) in [7, 11) is -2.11. The molecule has 0 aliphatic carbocycles. The van der Waals surface area contributed by atoms with Gasteiger partial charge < -0.3 is 9.84 Å². The highest BCUT2D eigenvalue weighted by Crippen LogP contribution is 2.22. The van der Waals surface area contributed by atoms with E-state index in [1.54, 1.807) is 6.92 Å². The van der Waals surface area contributed by atoms with Gasteiger partial charge in [0, 0.05) is 13.7 Å². The Morgan fingerprint density at radius 1 is 1.62 bits per heavy atom. The van der Waals surface area contributed by atoms with Crippen LogP contribution in [0.15, 0.2) is 0 Å². The minimum atomic E-state index is -3.54. The second-order valence-corrected chi connectivity index (χ2v) is 5.90. The van der Waals surface area contributed by atoms with E-state index < -0.39 is 28.1 Å². The van der Waals surface area contributed by atoms with E-state index in [0.717, 1.165) is 4.31 Å². The summed E-state index contributed by atoms with van der Waals surface area (Å²) in [5.74, 6) is -1.25. The summed E-state index contributed by atoms with van der Waals surface area (Å²) < 4.78 is 29.8. The number of carboxylic acid groups (broad SMARTS) is 1. The molecule has 1 aliphatic heterocycles. The van der Waals surface area contributed by atoms with Crippen LogP contribution in [0.3, 0.4) is 0 Å². The van der Waals surface area contributed by atoms with Gasteiger partial charge in [-0.05, 0) is 19.8 Å². The van der Waals surface area contributed by atoms with E-state index in [0.29, 0.717) is 12.8 Å². The van der Waals surface area contributed by atoms with E-state index >= 15 is 0 Å². The molecule has 1 N–H and O–H groups in total. The number of methoxy groups -OCH3 is 1. The summed E-state index contributed by atoms with van der Waals surface area (Å²) in [4.78, 5) is 10.9. The molecule has 0 aromatic carbocycles. The number of carboxylic acids is 1. The molecule has 6 nitrogen and oxygen atoms in total. The van der Waals surface area contributed by atoms with Gasteiger partial charge in [0.1, 0.15) is 6.04 Å². The van der Waals surface area contributed by atoms with Crippen LogP contribution in [0.2, 0.25) is 0 Å². The molecular formula is C9H17NO5S. The molecule has 0 spiro atoms. The van der Waals surface area contributed by atoms with Gasteiger partial charge in [0.15, 0.2) is 0 Å². The van der Waals surface area contributed by atoms with Gasteiger partial charge in [0.2, 0.25) is 10.0 Å². The number of ether oxygens (including phenoxy) is 1. The Morgan fingerprint density at radius 3 is 2.75 bits per heavy atom. The summed E-state index contributed by atoms with van der Waals surface area (Å²) >= 11 is 0. The van der Waals surface area contributed by atoms with Crippen molar-refractivity contribution in [2.75, 3.05) is 19.4 Å². The van der Waals surface area contributed by atoms with Gasteiger partial charge in [-0.1, -0.05) is 0 Å². The van der Waals surface area contributed by atoms with E-state index in [1.807, 2.05) is 0 Å². The largest absolute Gasteiger partial charge is 0.480 e. The lowest BCUT2D eigenvalue weighted by Crippen LogP contribution is -2.43. The Balaban J connectivity index is 2.79. The Kier molecular flexibility index (Phi) is 4.28. The zero-order chi connectivity index (χ0) is 12.3. The molecule has 1 aliphatic rings. The van der Waals surface area contributed by atoms with Crippen molar-refractivity contribution in [2.45, 2.75) is 31.9 Å². The third-order valence-corrected chi connectivity index (χ3v) is 4.74. The first-order valence-electron chi connectivity index (χ1n) is 5.13. The van der Waals surface area contributed by atoms with Crippen LogP contribution in [0.25, 0.3) is 0 Å². The van der Waals surface area contributed by atoms with Gasteiger partial charge in [-0.2, -0.15) is 4.31 Å². The average molecular weight is 251 g/mol. The molecule has 2 atom stereocenters. The molecule has 0 amide bonds. The standard InChI is InChI=1S/C9H17NO5S/c1-7(15-2)6-16(13,14)10-5-3-4-8(10)9(11)12/h7-8H,3-6H2,1-2H3,(H,11,12)/t7?,8-/m1/s1. The van der Waals surface area contributed by atoms with E-state index in [9.17, 15) is 13.2 Å². The predicted octanol–water partition coefficient (Wildman–Crippen LogP) is -0.0999. The van der Waals surface area contributed by atoms with Crippen molar-refractivity contribution in [3.05, 3.63) is 0 Å². The normalized spacial score (nSPS) is 24.5. The lowest BCUT2D eigenvalue weighted by Gasteiger charge is -2.22. The lowest BCUT2D eigenvalue weighted by atomic mass is 10.2. The molecule has 0 saturated carbocycles. The first-order valence-corrected chi connectivity index (χ1v) is 6.74. The molecule has 1 rings (SSSR count). The summed E-state index contributed by atoms with van der Waals surface area (Å²) in [6, 6.07) is -0.908. The smallest absolute Gasteiger partial charge is 0.322 e. The van der Waals surface area contributed by atoms with Gasteiger partial charge in [0.05, 0.1) is 11.9 Å². The van der Waals surface area contributed by atoms with E-state index in [-0.39, 0.29) is 12.3 Å². The van der Waals surface area contributed by atoms with Crippen LogP contribution in [-0.2, 0) is 19.6 Å². The first kappa shape index (κ1) is 13.4. The van der Waals surface area contributed by atoms with Crippen molar-refractivity contribution in [2.24, 2.45) is 0 Å². The summed E-state index contributed by atoms with van der Waals surface area (Å²) in [6.45, 7) is 1.93. The number of sulfonamides is 1. The fourth-order valence-corrected chi connectivity index (χ4v) is 3.69. The van der Waals surface area contributed by atoms with Crippen LogP contribution < -0.4 is 0 Å². The van der Waals surface area contributed by atoms with Crippen molar-refractivity contribution in [3.8, 4) is 0 Å². The Labute approximate surface area is 95.2 Å². The Morgan fingerprint density at radius 2 is 2.25 bits per heavy atom.